The molecule has 1 aromatic heterocycles. The quantitative estimate of drug-likeness (QED) is 0.578. The normalized spacial score (nSPS) is 17.8. The van der Waals surface area contributed by atoms with Gasteiger partial charge in [-0.15, -0.1) is 0 Å². The molecule has 1 N–H and O–H groups in total. The second-order valence-electron chi connectivity index (χ2n) is 8.91. The van der Waals surface area contributed by atoms with Gasteiger partial charge in [-0.05, 0) is 51.8 Å². The maximum absolute atomic E-state index is 12.7. The summed E-state index contributed by atoms with van der Waals surface area (Å²) >= 11 is 12.5. The Bertz CT molecular complexity index is 946. The lowest BCUT2D eigenvalue weighted by Crippen LogP contribution is -2.47. The molecule has 0 radical (unpaired) electrons. The number of benzene rings is 1. The maximum Gasteiger partial charge on any atom is 0.271 e. The molecule has 1 aliphatic carbocycles. The molecule has 4 rings (SSSR count). The Labute approximate surface area is 200 Å². The fourth-order valence-electron chi connectivity index (χ4n) is 5.11. The van der Waals surface area contributed by atoms with Crippen molar-refractivity contribution in [2.24, 2.45) is 0 Å². The Hall–Kier alpha value is -1.76. The lowest BCUT2D eigenvalue weighted by molar-refractivity contribution is 0.0946. The third-order valence-corrected chi connectivity index (χ3v) is 7.62. The van der Waals surface area contributed by atoms with Gasteiger partial charge in [0.2, 0.25) is 0 Å². The third kappa shape index (κ3) is 5.08. The molecule has 2 heterocycles. The Balaban J connectivity index is 1.21. The Morgan fingerprint density at radius 2 is 1.84 bits per heavy atom. The van der Waals surface area contributed by atoms with Crippen LogP contribution in [0.2, 0.25) is 10.0 Å². The molecule has 1 saturated heterocycles. The number of amides is 1. The fourth-order valence-corrected chi connectivity index (χ4v) is 5.52. The van der Waals surface area contributed by atoms with Gasteiger partial charge in [-0.25, -0.2) is 4.98 Å². The molecule has 6 nitrogen and oxygen atoms in total. The number of aryl methyl sites for hydroxylation is 1. The zero-order valence-electron chi connectivity index (χ0n) is 19.0. The van der Waals surface area contributed by atoms with E-state index >= 15 is 0 Å². The minimum atomic E-state index is -0.0530. The first kappa shape index (κ1) is 23.4. The van der Waals surface area contributed by atoms with E-state index in [1.165, 1.54) is 25.7 Å². The number of carbonyl (C=O) groups is 1. The Morgan fingerprint density at radius 1 is 1.12 bits per heavy atom. The highest BCUT2D eigenvalue weighted by Crippen LogP contribution is 2.33. The zero-order valence-corrected chi connectivity index (χ0v) is 20.6. The summed E-state index contributed by atoms with van der Waals surface area (Å²) in [6, 6.07) is 6.29. The monoisotopic (exact) mass is 477 g/mol. The van der Waals surface area contributed by atoms with Gasteiger partial charge in [0.05, 0.1) is 15.7 Å². The van der Waals surface area contributed by atoms with Crippen molar-refractivity contribution in [3.63, 3.8) is 0 Å². The first-order chi connectivity index (χ1) is 15.5. The number of aromatic nitrogens is 2. The molecule has 1 saturated carbocycles. The first-order valence-corrected chi connectivity index (χ1v) is 12.5. The van der Waals surface area contributed by atoms with E-state index in [4.69, 9.17) is 23.2 Å². The van der Waals surface area contributed by atoms with Crippen LogP contribution in [-0.4, -0.2) is 59.6 Å². The lowest BCUT2D eigenvalue weighted by atomic mass is 10.2. The second kappa shape index (κ2) is 10.4. The summed E-state index contributed by atoms with van der Waals surface area (Å²) in [6.45, 7) is 9.45. The van der Waals surface area contributed by atoms with Crippen LogP contribution in [0.4, 0.5) is 5.69 Å². The highest BCUT2D eigenvalue weighted by Gasteiger charge is 2.25. The molecule has 32 heavy (non-hydrogen) atoms. The van der Waals surface area contributed by atoms with Crippen LogP contribution in [0.1, 0.15) is 60.2 Å². The van der Waals surface area contributed by atoms with Crippen molar-refractivity contribution in [1.29, 1.82) is 0 Å². The number of rotatable bonds is 7. The van der Waals surface area contributed by atoms with Gasteiger partial charge in [-0.1, -0.05) is 42.1 Å². The average Bonchev–Trinajstić information content (AvgIpc) is 3.41. The van der Waals surface area contributed by atoms with E-state index in [0.717, 1.165) is 56.4 Å². The minimum absolute atomic E-state index is 0.0530. The number of anilines is 1. The van der Waals surface area contributed by atoms with Crippen LogP contribution in [0.3, 0.4) is 0 Å². The van der Waals surface area contributed by atoms with E-state index in [1.807, 2.05) is 32.0 Å². The van der Waals surface area contributed by atoms with Crippen LogP contribution < -0.4 is 10.2 Å². The summed E-state index contributed by atoms with van der Waals surface area (Å²) in [4.78, 5) is 22.0. The molecule has 8 heteroatoms. The molecule has 0 atom stereocenters. The summed E-state index contributed by atoms with van der Waals surface area (Å²) in [5, 5.41) is 4.30. The van der Waals surface area contributed by atoms with Crippen molar-refractivity contribution in [2.75, 3.05) is 44.2 Å². The van der Waals surface area contributed by atoms with E-state index in [-0.39, 0.29) is 5.91 Å². The number of halogens is 2. The maximum atomic E-state index is 12.7. The van der Waals surface area contributed by atoms with Crippen molar-refractivity contribution in [3.8, 4) is 0 Å². The van der Waals surface area contributed by atoms with Crippen molar-refractivity contribution < 1.29 is 4.79 Å². The largest absolute Gasteiger partial charge is 0.368 e. The van der Waals surface area contributed by atoms with Gasteiger partial charge in [0.1, 0.15) is 11.5 Å². The molecule has 0 spiro atoms. The predicted octanol–water partition coefficient (Wildman–Crippen LogP) is 4.86. The number of carbonyl (C=O) groups excluding carboxylic acids is 1. The minimum Gasteiger partial charge on any atom is -0.368 e. The van der Waals surface area contributed by atoms with E-state index in [9.17, 15) is 4.79 Å². The zero-order chi connectivity index (χ0) is 22.7. The standard InChI is InChI=1S/C24H33Cl2N5O/c1-17-23(28-18(2)31(17)19-7-3-4-8-19)24(32)27-11-6-12-29-13-15-30(16-14-29)21-10-5-9-20(25)22(21)26/h5,9-10,19H,3-4,6-8,11-16H2,1-2H3,(H,27,32). The molecule has 1 aliphatic heterocycles. The summed E-state index contributed by atoms with van der Waals surface area (Å²) in [6.07, 6.45) is 5.84. The highest BCUT2D eigenvalue weighted by atomic mass is 35.5. The van der Waals surface area contributed by atoms with E-state index in [0.29, 0.717) is 28.3 Å². The number of nitrogens with one attached hydrogen (secondary N) is 1. The SMILES string of the molecule is Cc1nc(C(=O)NCCCN2CCN(c3cccc(Cl)c3Cl)CC2)c(C)n1C1CCCC1. The van der Waals surface area contributed by atoms with E-state index in [2.05, 4.69) is 24.7 Å². The van der Waals surface area contributed by atoms with Crippen LogP contribution in [0, 0.1) is 13.8 Å². The molecule has 2 aromatic rings. The fraction of sp³-hybridized carbons (Fsp3) is 0.583. The number of hydrogen-bond donors (Lipinski definition) is 1. The van der Waals surface area contributed by atoms with Crippen LogP contribution in [0.25, 0.3) is 0 Å². The summed E-state index contributed by atoms with van der Waals surface area (Å²) in [5.74, 6) is 0.903. The highest BCUT2D eigenvalue weighted by molar-refractivity contribution is 6.43. The van der Waals surface area contributed by atoms with Crippen LogP contribution in [-0.2, 0) is 0 Å². The molecule has 2 fully saturated rings. The van der Waals surface area contributed by atoms with Crippen LogP contribution in [0.5, 0.6) is 0 Å². The van der Waals surface area contributed by atoms with E-state index < -0.39 is 0 Å². The topological polar surface area (TPSA) is 53.4 Å². The van der Waals surface area contributed by atoms with Crippen LogP contribution >= 0.6 is 23.2 Å². The van der Waals surface area contributed by atoms with Crippen molar-refractivity contribution >= 4 is 34.8 Å². The van der Waals surface area contributed by atoms with Gasteiger partial charge >= 0.3 is 0 Å². The number of imidazole rings is 1. The van der Waals surface area contributed by atoms with Gasteiger partial charge in [-0.3, -0.25) is 9.69 Å². The van der Waals surface area contributed by atoms with E-state index in [1.54, 1.807) is 0 Å². The molecule has 0 bridgehead atoms. The third-order valence-electron chi connectivity index (χ3n) is 6.81. The van der Waals surface area contributed by atoms with Gasteiger partial charge in [-0.2, -0.15) is 0 Å². The summed E-state index contributed by atoms with van der Waals surface area (Å²) in [7, 11) is 0. The molecule has 2 aliphatic rings. The number of nitrogens with zero attached hydrogens (tertiary/aromatic N) is 4. The second-order valence-corrected chi connectivity index (χ2v) is 9.70. The van der Waals surface area contributed by atoms with Crippen molar-refractivity contribution in [3.05, 3.63) is 45.5 Å². The average molecular weight is 478 g/mol. The molecular formula is C24H33Cl2N5O. The molecule has 174 valence electrons. The summed E-state index contributed by atoms with van der Waals surface area (Å²) in [5.41, 5.74) is 2.60. The Morgan fingerprint density at radius 3 is 2.56 bits per heavy atom. The Kier molecular flexibility index (Phi) is 7.64. The van der Waals surface area contributed by atoms with Gasteiger partial charge < -0.3 is 14.8 Å². The van der Waals surface area contributed by atoms with Crippen molar-refractivity contribution in [1.82, 2.24) is 19.8 Å². The van der Waals surface area contributed by atoms with Crippen LogP contribution in [0.15, 0.2) is 18.2 Å². The van der Waals surface area contributed by atoms with Gasteiger partial charge in [0, 0.05) is 44.5 Å². The van der Waals surface area contributed by atoms with Gasteiger partial charge in [0.25, 0.3) is 5.91 Å². The molecular weight excluding hydrogens is 445 g/mol. The molecule has 1 aromatic carbocycles. The molecule has 0 unspecified atom stereocenters. The van der Waals surface area contributed by atoms with Crippen molar-refractivity contribution in [2.45, 2.75) is 52.0 Å². The molecule has 1 amide bonds. The first-order valence-electron chi connectivity index (χ1n) is 11.7. The predicted molar refractivity (Wildman–Crippen MR) is 131 cm³/mol. The van der Waals surface area contributed by atoms with Gasteiger partial charge in [0.15, 0.2) is 0 Å². The number of piperazine rings is 1. The number of hydrogen-bond acceptors (Lipinski definition) is 4. The smallest absolute Gasteiger partial charge is 0.271 e. The lowest BCUT2D eigenvalue weighted by Gasteiger charge is -2.36. The summed E-state index contributed by atoms with van der Waals surface area (Å²) < 4.78 is 2.27.